The van der Waals surface area contributed by atoms with Crippen molar-refractivity contribution in [2.45, 2.75) is 6.61 Å². The number of benzene rings is 3. The number of halogens is 1. The largest absolute Gasteiger partial charge is 0.493 e. The van der Waals surface area contributed by atoms with Crippen molar-refractivity contribution in [2.24, 2.45) is 0 Å². The number of methoxy groups -OCH3 is 1. The van der Waals surface area contributed by atoms with E-state index in [4.69, 9.17) is 14.6 Å². The Bertz CT molecular complexity index is 1230. The third-order valence-electron chi connectivity index (χ3n) is 4.54. The highest BCUT2D eigenvalue weighted by Crippen LogP contribution is 2.35. The van der Waals surface area contributed by atoms with Crippen LogP contribution < -0.4 is 14.8 Å². The lowest BCUT2D eigenvalue weighted by molar-refractivity contribution is -0.112. The minimum Gasteiger partial charge on any atom is -0.493 e. The molecular formula is C25H19IN2O5. The number of carbonyl (C=O) groups is 2. The van der Waals surface area contributed by atoms with E-state index < -0.39 is 11.9 Å². The summed E-state index contributed by atoms with van der Waals surface area (Å²) in [6.45, 7) is 0.370. The molecule has 3 aromatic carbocycles. The zero-order chi connectivity index (χ0) is 23.8. The number of carboxylic acid groups (broad SMARTS) is 1. The summed E-state index contributed by atoms with van der Waals surface area (Å²) < 4.78 is 12.2. The number of nitriles is 1. The van der Waals surface area contributed by atoms with Gasteiger partial charge in [-0.05, 0) is 76.2 Å². The number of ether oxygens (including phenoxy) is 2. The quantitative estimate of drug-likeness (QED) is 0.227. The van der Waals surface area contributed by atoms with Crippen LogP contribution in [0.2, 0.25) is 0 Å². The number of hydrogen-bond donors (Lipinski definition) is 2. The van der Waals surface area contributed by atoms with Crippen LogP contribution in [0.15, 0.2) is 72.3 Å². The van der Waals surface area contributed by atoms with Crippen LogP contribution in [0.3, 0.4) is 0 Å². The second-order valence-electron chi connectivity index (χ2n) is 6.81. The first-order valence-corrected chi connectivity index (χ1v) is 10.8. The molecule has 3 aromatic rings. The van der Waals surface area contributed by atoms with E-state index in [2.05, 4.69) is 27.9 Å². The molecular weight excluding hydrogens is 535 g/mol. The van der Waals surface area contributed by atoms with Crippen molar-refractivity contribution in [1.29, 1.82) is 5.26 Å². The highest BCUT2D eigenvalue weighted by atomic mass is 127. The van der Waals surface area contributed by atoms with Gasteiger partial charge in [-0.3, -0.25) is 4.79 Å². The predicted octanol–water partition coefficient (Wildman–Crippen LogP) is 5.12. The molecule has 0 saturated heterocycles. The average Bonchev–Trinajstić information content (AvgIpc) is 2.82. The summed E-state index contributed by atoms with van der Waals surface area (Å²) in [5.41, 5.74) is 1.96. The number of amides is 1. The molecule has 0 aliphatic heterocycles. The van der Waals surface area contributed by atoms with E-state index in [0.29, 0.717) is 29.4 Å². The first-order valence-electron chi connectivity index (χ1n) is 9.72. The number of rotatable bonds is 8. The minimum atomic E-state index is -1.06. The number of anilines is 1. The fraction of sp³-hybridized carbons (Fsp3) is 0.0800. The minimum absolute atomic E-state index is 0.0975. The summed E-state index contributed by atoms with van der Waals surface area (Å²) in [6.07, 6.45) is 1.45. The van der Waals surface area contributed by atoms with Crippen LogP contribution >= 0.6 is 22.6 Å². The summed E-state index contributed by atoms with van der Waals surface area (Å²) in [5.74, 6) is -0.629. The number of carbonyl (C=O) groups excluding carboxylic acids is 1. The number of carboxylic acids is 1. The van der Waals surface area contributed by atoms with E-state index in [9.17, 15) is 14.9 Å². The Labute approximate surface area is 204 Å². The van der Waals surface area contributed by atoms with E-state index in [1.165, 1.54) is 37.5 Å². The zero-order valence-electron chi connectivity index (χ0n) is 17.5. The van der Waals surface area contributed by atoms with Crippen molar-refractivity contribution in [1.82, 2.24) is 0 Å². The maximum absolute atomic E-state index is 12.6. The van der Waals surface area contributed by atoms with Gasteiger partial charge in [0.25, 0.3) is 5.91 Å². The van der Waals surface area contributed by atoms with Crippen LogP contribution in [0.1, 0.15) is 21.5 Å². The van der Waals surface area contributed by atoms with Gasteiger partial charge in [0.2, 0.25) is 0 Å². The molecule has 0 atom stereocenters. The lowest BCUT2D eigenvalue weighted by atomic mass is 10.1. The molecule has 0 aliphatic carbocycles. The SMILES string of the molecule is COc1cc(/C=C(\C#N)C(=O)Nc2ccc(C(=O)O)cc2)cc(I)c1OCc1ccccc1. The third kappa shape index (κ3) is 6.33. The van der Waals surface area contributed by atoms with Gasteiger partial charge in [-0.1, -0.05) is 30.3 Å². The molecule has 33 heavy (non-hydrogen) atoms. The van der Waals surface area contributed by atoms with Gasteiger partial charge < -0.3 is 19.9 Å². The lowest BCUT2D eigenvalue weighted by Crippen LogP contribution is -2.13. The summed E-state index contributed by atoms with van der Waals surface area (Å²) >= 11 is 2.12. The Kier molecular flexibility index (Phi) is 8.05. The van der Waals surface area contributed by atoms with E-state index in [-0.39, 0.29) is 11.1 Å². The Morgan fingerprint density at radius 2 is 1.82 bits per heavy atom. The van der Waals surface area contributed by atoms with Gasteiger partial charge in [0, 0.05) is 5.69 Å². The molecule has 0 radical (unpaired) electrons. The van der Waals surface area contributed by atoms with Crippen LogP contribution in [0.5, 0.6) is 11.5 Å². The Balaban J connectivity index is 1.79. The number of nitrogens with one attached hydrogen (secondary N) is 1. The zero-order valence-corrected chi connectivity index (χ0v) is 19.7. The molecule has 0 aliphatic rings. The monoisotopic (exact) mass is 554 g/mol. The Hall–Kier alpha value is -3.84. The molecule has 0 saturated carbocycles. The van der Waals surface area contributed by atoms with E-state index in [0.717, 1.165) is 9.13 Å². The molecule has 2 N–H and O–H groups in total. The Morgan fingerprint density at radius 3 is 2.42 bits per heavy atom. The molecule has 0 heterocycles. The predicted molar refractivity (Wildman–Crippen MR) is 132 cm³/mol. The van der Waals surface area contributed by atoms with Crippen LogP contribution in [0.25, 0.3) is 6.08 Å². The standard InChI is InChI=1S/C25H19IN2O5/c1-32-22-13-17(12-21(26)23(22)33-15-16-5-3-2-4-6-16)11-19(14-27)24(29)28-20-9-7-18(8-10-20)25(30)31/h2-13H,15H2,1H3,(H,28,29)(H,30,31)/b19-11+. The Morgan fingerprint density at radius 1 is 1.12 bits per heavy atom. The number of hydrogen-bond acceptors (Lipinski definition) is 5. The summed E-state index contributed by atoms with van der Waals surface area (Å²) in [6, 6.07) is 20.8. The summed E-state index contributed by atoms with van der Waals surface area (Å²) in [7, 11) is 1.52. The van der Waals surface area contributed by atoms with Crippen LogP contribution in [-0.4, -0.2) is 24.1 Å². The lowest BCUT2D eigenvalue weighted by Gasteiger charge is -2.14. The van der Waals surface area contributed by atoms with E-state index >= 15 is 0 Å². The van der Waals surface area contributed by atoms with Gasteiger partial charge in [0.1, 0.15) is 18.2 Å². The van der Waals surface area contributed by atoms with Gasteiger partial charge in [-0.2, -0.15) is 5.26 Å². The third-order valence-corrected chi connectivity index (χ3v) is 5.34. The topological polar surface area (TPSA) is 109 Å². The molecule has 3 rings (SSSR count). The maximum atomic E-state index is 12.6. The second kappa shape index (κ2) is 11.2. The first-order chi connectivity index (χ1) is 15.9. The van der Waals surface area contributed by atoms with Crippen molar-refractivity contribution in [3.05, 3.63) is 92.6 Å². The van der Waals surface area contributed by atoms with Gasteiger partial charge in [0.05, 0.1) is 16.2 Å². The van der Waals surface area contributed by atoms with Gasteiger partial charge in [-0.15, -0.1) is 0 Å². The number of nitrogens with zero attached hydrogens (tertiary/aromatic N) is 1. The second-order valence-corrected chi connectivity index (χ2v) is 7.98. The van der Waals surface area contributed by atoms with Crippen LogP contribution in [-0.2, 0) is 11.4 Å². The van der Waals surface area contributed by atoms with Crippen molar-refractivity contribution in [3.8, 4) is 17.6 Å². The van der Waals surface area contributed by atoms with Crippen molar-refractivity contribution in [2.75, 3.05) is 12.4 Å². The highest BCUT2D eigenvalue weighted by Gasteiger charge is 2.14. The molecule has 8 heteroatoms. The van der Waals surface area contributed by atoms with E-state index in [1.807, 2.05) is 36.4 Å². The fourth-order valence-corrected chi connectivity index (χ4v) is 3.68. The molecule has 166 valence electrons. The average molecular weight is 554 g/mol. The van der Waals surface area contributed by atoms with E-state index in [1.54, 1.807) is 12.1 Å². The highest BCUT2D eigenvalue weighted by molar-refractivity contribution is 14.1. The van der Waals surface area contributed by atoms with Crippen molar-refractivity contribution >= 4 is 46.2 Å². The normalized spacial score (nSPS) is 10.8. The first kappa shape index (κ1) is 23.8. The molecule has 0 unspecified atom stereocenters. The number of aromatic carboxylic acids is 1. The molecule has 0 bridgehead atoms. The smallest absolute Gasteiger partial charge is 0.335 e. The van der Waals surface area contributed by atoms with Gasteiger partial charge in [-0.25, -0.2) is 4.79 Å². The van der Waals surface area contributed by atoms with Gasteiger partial charge in [0.15, 0.2) is 11.5 Å². The molecule has 0 aromatic heterocycles. The summed E-state index contributed by atoms with van der Waals surface area (Å²) in [4.78, 5) is 23.5. The summed E-state index contributed by atoms with van der Waals surface area (Å²) in [5, 5.41) is 21.1. The fourth-order valence-electron chi connectivity index (χ4n) is 2.90. The van der Waals surface area contributed by atoms with Crippen LogP contribution in [0, 0.1) is 14.9 Å². The molecule has 7 nitrogen and oxygen atoms in total. The van der Waals surface area contributed by atoms with Crippen molar-refractivity contribution in [3.63, 3.8) is 0 Å². The molecule has 0 fully saturated rings. The van der Waals surface area contributed by atoms with Gasteiger partial charge >= 0.3 is 5.97 Å². The van der Waals surface area contributed by atoms with Crippen LogP contribution in [0.4, 0.5) is 5.69 Å². The molecule has 1 amide bonds. The maximum Gasteiger partial charge on any atom is 0.335 e. The molecule has 0 spiro atoms. The van der Waals surface area contributed by atoms with Crippen molar-refractivity contribution < 1.29 is 24.2 Å².